The molecule has 1 aromatic carbocycles. The summed E-state index contributed by atoms with van der Waals surface area (Å²) in [5.41, 5.74) is 2.28. The third-order valence-electron chi connectivity index (χ3n) is 5.15. The van der Waals surface area contributed by atoms with Crippen LogP contribution in [-0.4, -0.2) is 32.1 Å². The fraction of sp³-hybridized carbons (Fsp3) is 0.571. The smallest absolute Gasteiger partial charge is 0.233 e. The molecular formula is C21H31N5O2S. The summed E-state index contributed by atoms with van der Waals surface area (Å²) in [6.07, 6.45) is 7.03. The quantitative estimate of drug-likeness (QED) is 0.407. The van der Waals surface area contributed by atoms with Crippen LogP contribution in [-0.2, 0) is 11.4 Å². The maximum absolute atomic E-state index is 12.6. The molecule has 1 saturated carbocycles. The van der Waals surface area contributed by atoms with Crippen molar-refractivity contribution in [3.8, 4) is 5.75 Å². The van der Waals surface area contributed by atoms with Gasteiger partial charge in [0, 0.05) is 6.04 Å². The first-order valence-electron chi connectivity index (χ1n) is 10.3. The first kappa shape index (κ1) is 21.5. The Kier molecular flexibility index (Phi) is 7.41. The van der Waals surface area contributed by atoms with Crippen molar-refractivity contribution < 1.29 is 9.53 Å². The van der Waals surface area contributed by atoms with Crippen LogP contribution in [0, 0.1) is 13.8 Å². The highest BCUT2D eigenvalue weighted by Crippen LogP contribution is 2.23. The predicted octanol–water partition coefficient (Wildman–Crippen LogP) is 3.51. The van der Waals surface area contributed by atoms with Crippen LogP contribution < -0.4 is 15.9 Å². The second-order valence-electron chi connectivity index (χ2n) is 7.84. The van der Waals surface area contributed by atoms with E-state index in [0.717, 1.165) is 29.7 Å². The number of hydrogen-bond donors (Lipinski definition) is 2. The van der Waals surface area contributed by atoms with Crippen molar-refractivity contribution in [3.63, 3.8) is 0 Å². The average molecular weight is 418 g/mol. The molecule has 0 bridgehead atoms. The van der Waals surface area contributed by atoms with Crippen LogP contribution >= 0.6 is 11.8 Å². The number of nitrogen functional groups attached to an aromatic ring is 1. The topological polar surface area (TPSA) is 95.1 Å². The van der Waals surface area contributed by atoms with Gasteiger partial charge >= 0.3 is 0 Å². The summed E-state index contributed by atoms with van der Waals surface area (Å²) in [5.74, 6) is 7.46. The van der Waals surface area contributed by atoms with E-state index in [2.05, 4.69) is 21.6 Å². The highest BCUT2D eigenvalue weighted by molar-refractivity contribution is 8.00. The molecule has 1 fully saturated rings. The summed E-state index contributed by atoms with van der Waals surface area (Å²) >= 11 is 1.32. The zero-order valence-electron chi connectivity index (χ0n) is 17.5. The van der Waals surface area contributed by atoms with Gasteiger partial charge in [0.2, 0.25) is 11.1 Å². The summed E-state index contributed by atoms with van der Waals surface area (Å²) in [6, 6.07) is 6.32. The van der Waals surface area contributed by atoms with Crippen molar-refractivity contribution in [1.82, 2.24) is 20.2 Å². The summed E-state index contributed by atoms with van der Waals surface area (Å²) in [4.78, 5) is 12.6. The van der Waals surface area contributed by atoms with E-state index < -0.39 is 0 Å². The van der Waals surface area contributed by atoms with Gasteiger partial charge in [-0.15, -0.1) is 10.2 Å². The Labute approximate surface area is 176 Å². The third-order valence-corrected chi connectivity index (χ3v) is 6.21. The highest BCUT2D eigenvalue weighted by atomic mass is 32.2. The molecule has 0 spiro atoms. The lowest BCUT2D eigenvalue weighted by atomic mass is 10.1. The fourth-order valence-electron chi connectivity index (χ4n) is 3.60. The van der Waals surface area contributed by atoms with E-state index in [1.165, 1.54) is 42.1 Å². The van der Waals surface area contributed by atoms with Gasteiger partial charge in [-0.05, 0) is 56.9 Å². The zero-order valence-corrected chi connectivity index (χ0v) is 18.3. The molecule has 1 aliphatic rings. The first-order chi connectivity index (χ1) is 13.9. The maximum Gasteiger partial charge on any atom is 0.233 e. The first-order valence-corrected chi connectivity index (χ1v) is 11.2. The van der Waals surface area contributed by atoms with E-state index in [-0.39, 0.29) is 23.8 Å². The molecule has 0 aliphatic heterocycles. The molecule has 2 aromatic rings. The van der Waals surface area contributed by atoms with Gasteiger partial charge in [0.05, 0.1) is 5.25 Å². The Morgan fingerprint density at radius 3 is 2.52 bits per heavy atom. The number of carbonyl (C=O) groups excluding carboxylic acids is 1. The van der Waals surface area contributed by atoms with Crippen LogP contribution in [0.4, 0.5) is 0 Å². The largest absolute Gasteiger partial charge is 0.486 e. The maximum atomic E-state index is 12.6. The molecule has 1 heterocycles. The second-order valence-corrected chi connectivity index (χ2v) is 9.15. The van der Waals surface area contributed by atoms with Gasteiger partial charge < -0.3 is 15.9 Å². The van der Waals surface area contributed by atoms with E-state index >= 15 is 0 Å². The van der Waals surface area contributed by atoms with Gasteiger partial charge in [0.1, 0.15) is 12.4 Å². The minimum Gasteiger partial charge on any atom is -0.486 e. The van der Waals surface area contributed by atoms with Crippen LogP contribution in [0.5, 0.6) is 5.75 Å². The Balaban J connectivity index is 1.54. The molecule has 1 aliphatic carbocycles. The number of thioether (sulfide) groups is 1. The monoisotopic (exact) mass is 417 g/mol. The fourth-order valence-corrected chi connectivity index (χ4v) is 4.40. The van der Waals surface area contributed by atoms with Crippen molar-refractivity contribution in [1.29, 1.82) is 0 Å². The minimum absolute atomic E-state index is 0.0259. The molecule has 29 heavy (non-hydrogen) atoms. The molecule has 3 N–H and O–H groups in total. The van der Waals surface area contributed by atoms with Crippen molar-refractivity contribution >= 4 is 17.7 Å². The van der Waals surface area contributed by atoms with Gasteiger partial charge in [-0.2, -0.15) is 0 Å². The van der Waals surface area contributed by atoms with E-state index in [1.807, 2.05) is 32.9 Å². The standard InChI is InChI=1S/C21H31N5O2S/c1-14-10-15(2)12-18(11-14)28-13-19-24-25-21(26(19)22)29-16(3)20(27)23-17-8-6-4-5-7-9-17/h10-12,16-17H,4-9,13,22H2,1-3H3,(H,23,27)/t16-/m0/s1. The molecule has 1 atom stereocenters. The van der Waals surface area contributed by atoms with Gasteiger partial charge in [0.15, 0.2) is 5.82 Å². The summed E-state index contributed by atoms with van der Waals surface area (Å²) in [7, 11) is 0. The van der Waals surface area contributed by atoms with Crippen molar-refractivity contribution in [2.45, 2.75) is 82.4 Å². The van der Waals surface area contributed by atoms with Gasteiger partial charge in [-0.1, -0.05) is 43.5 Å². The highest BCUT2D eigenvalue weighted by Gasteiger charge is 2.22. The van der Waals surface area contributed by atoms with Gasteiger partial charge in [-0.25, -0.2) is 4.68 Å². The Bertz CT molecular complexity index is 810. The normalized spacial score (nSPS) is 16.2. The summed E-state index contributed by atoms with van der Waals surface area (Å²) in [5, 5.41) is 11.7. The van der Waals surface area contributed by atoms with Crippen LogP contribution in [0.2, 0.25) is 0 Å². The number of aryl methyl sites for hydroxylation is 2. The van der Waals surface area contributed by atoms with Crippen molar-refractivity contribution in [2.75, 3.05) is 5.84 Å². The molecule has 1 amide bonds. The number of ether oxygens (including phenoxy) is 1. The molecule has 1 aromatic heterocycles. The predicted molar refractivity (Wildman–Crippen MR) is 115 cm³/mol. The molecule has 0 unspecified atom stereocenters. The van der Waals surface area contributed by atoms with Crippen molar-refractivity contribution in [2.24, 2.45) is 0 Å². The number of benzene rings is 1. The SMILES string of the molecule is Cc1cc(C)cc(OCc2nnc(S[C@@H](C)C(=O)NC3CCCCCC3)n2N)c1. The number of amides is 1. The number of carbonyl (C=O) groups is 1. The molecular weight excluding hydrogens is 386 g/mol. The van der Waals surface area contributed by atoms with Crippen LogP contribution in [0.15, 0.2) is 23.4 Å². The summed E-state index contributed by atoms with van der Waals surface area (Å²) < 4.78 is 7.23. The Morgan fingerprint density at radius 1 is 1.21 bits per heavy atom. The van der Waals surface area contributed by atoms with Gasteiger partial charge in [0.25, 0.3) is 0 Å². The van der Waals surface area contributed by atoms with E-state index in [4.69, 9.17) is 10.6 Å². The van der Waals surface area contributed by atoms with E-state index in [0.29, 0.717) is 11.0 Å². The van der Waals surface area contributed by atoms with Crippen LogP contribution in [0.1, 0.15) is 62.4 Å². The number of nitrogens with two attached hydrogens (primary N) is 1. The number of nitrogens with zero attached hydrogens (tertiary/aromatic N) is 3. The van der Waals surface area contributed by atoms with Crippen LogP contribution in [0.3, 0.4) is 0 Å². The number of rotatable bonds is 7. The minimum atomic E-state index is -0.294. The van der Waals surface area contributed by atoms with Crippen molar-refractivity contribution in [3.05, 3.63) is 35.2 Å². The molecule has 158 valence electrons. The molecule has 0 radical (unpaired) electrons. The average Bonchev–Trinajstić information content (AvgIpc) is 2.85. The summed E-state index contributed by atoms with van der Waals surface area (Å²) in [6.45, 7) is 6.15. The second kappa shape index (κ2) is 10.0. The lowest BCUT2D eigenvalue weighted by Crippen LogP contribution is -2.39. The van der Waals surface area contributed by atoms with E-state index in [1.54, 1.807) is 0 Å². The third kappa shape index (κ3) is 6.13. The zero-order chi connectivity index (χ0) is 20.8. The Hall–Kier alpha value is -2.22. The lowest BCUT2D eigenvalue weighted by molar-refractivity contribution is -0.121. The molecule has 3 rings (SSSR count). The van der Waals surface area contributed by atoms with Crippen LogP contribution in [0.25, 0.3) is 0 Å². The Morgan fingerprint density at radius 2 is 1.86 bits per heavy atom. The number of nitrogens with one attached hydrogen (secondary N) is 1. The van der Waals surface area contributed by atoms with E-state index in [9.17, 15) is 4.79 Å². The van der Waals surface area contributed by atoms with Gasteiger partial charge in [-0.3, -0.25) is 4.79 Å². The number of aromatic nitrogens is 3. The molecule has 0 saturated heterocycles. The number of hydrogen-bond acceptors (Lipinski definition) is 6. The molecule has 8 heteroatoms. The molecule has 7 nitrogen and oxygen atoms in total. The lowest BCUT2D eigenvalue weighted by Gasteiger charge is -2.19.